The van der Waals surface area contributed by atoms with E-state index in [2.05, 4.69) is 0 Å². The predicted octanol–water partition coefficient (Wildman–Crippen LogP) is 1.74. The average Bonchev–Trinajstić information content (AvgIpc) is 2.66. The zero-order valence-electron chi connectivity index (χ0n) is 14.5. The molecule has 7 heteroatoms. The van der Waals surface area contributed by atoms with Crippen LogP contribution in [0.25, 0.3) is 0 Å². The second kappa shape index (κ2) is 6.23. The molecular weight excluding hydrogens is 366 g/mol. The maximum atomic E-state index is 12.9. The predicted molar refractivity (Wildman–Crippen MR) is 98.1 cm³/mol. The average molecular weight is 383 g/mol. The van der Waals surface area contributed by atoms with Crippen molar-refractivity contribution >= 4 is 21.6 Å². The molecule has 0 fully saturated rings. The van der Waals surface area contributed by atoms with Gasteiger partial charge in [-0.05, 0) is 19.1 Å². The van der Waals surface area contributed by atoms with E-state index >= 15 is 0 Å². The number of hydrogen-bond donors (Lipinski definition) is 1. The number of β-amino-alcohol motifs (C(OH)–C–C–N with tert-alkyl or cyclic N) is 1. The molecule has 1 heterocycles. The van der Waals surface area contributed by atoms with Gasteiger partial charge in [0.05, 0.1) is 11.0 Å². The normalized spacial score (nSPS) is 20.4. The third-order valence-electron chi connectivity index (χ3n) is 4.96. The molecule has 2 aromatic carbocycles. The molecule has 6 nitrogen and oxygen atoms in total. The minimum atomic E-state index is -3.90. The van der Waals surface area contributed by atoms with Gasteiger partial charge in [-0.15, -0.1) is 0 Å². The number of carbonyl (C=O) groups excluding carboxylic acids is 2. The first-order valence-corrected chi connectivity index (χ1v) is 9.91. The first kappa shape index (κ1) is 17.8. The van der Waals surface area contributed by atoms with Crippen molar-refractivity contribution in [1.29, 1.82) is 0 Å². The van der Waals surface area contributed by atoms with Crippen molar-refractivity contribution in [3.63, 3.8) is 0 Å². The van der Waals surface area contributed by atoms with E-state index < -0.39 is 27.7 Å². The highest BCUT2D eigenvalue weighted by molar-refractivity contribution is 7.89. The van der Waals surface area contributed by atoms with E-state index in [4.69, 9.17) is 0 Å². The minimum absolute atomic E-state index is 0.00839. The number of rotatable bonds is 2. The largest absolute Gasteiger partial charge is 0.387 e. The summed E-state index contributed by atoms with van der Waals surface area (Å²) in [6.07, 6.45) is -1.35. The molecule has 4 rings (SSSR count). The van der Waals surface area contributed by atoms with Gasteiger partial charge >= 0.3 is 0 Å². The molecule has 0 saturated carbocycles. The quantitative estimate of drug-likeness (QED) is 0.853. The van der Waals surface area contributed by atoms with E-state index in [9.17, 15) is 23.1 Å². The summed E-state index contributed by atoms with van der Waals surface area (Å²) < 4.78 is 27.0. The van der Waals surface area contributed by atoms with Gasteiger partial charge in [0.1, 0.15) is 0 Å². The molecule has 0 amide bonds. The molecule has 1 atom stereocenters. The number of aliphatic hydroxyl groups is 1. The number of aliphatic hydroxyl groups excluding tert-OH is 1. The SMILES string of the molecule is Cc1ccc(S(=O)(=O)N2CC3=C(C(=O)c4ccccc4C3=O)C(O)C2)cc1. The van der Waals surface area contributed by atoms with E-state index in [0.29, 0.717) is 0 Å². The molecule has 1 N–H and O–H groups in total. The van der Waals surface area contributed by atoms with Crippen LogP contribution in [0.3, 0.4) is 0 Å². The number of hydrogen-bond acceptors (Lipinski definition) is 5. The Labute approximate surface area is 156 Å². The summed E-state index contributed by atoms with van der Waals surface area (Å²) in [6, 6.07) is 12.7. The fourth-order valence-electron chi connectivity index (χ4n) is 3.52. The molecule has 2 aliphatic rings. The van der Waals surface area contributed by atoms with Crippen LogP contribution in [0.4, 0.5) is 0 Å². The van der Waals surface area contributed by atoms with E-state index in [-0.39, 0.29) is 40.3 Å². The van der Waals surface area contributed by atoms with Gasteiger partial charge in [0.25, 0.3) is 0 Å². The minimum Gasteiger partial charge on any atom is -0.387 e. The van der Waals surface area contributed by atoms with Crippen LogP contribution in [0, 0.1) is 6.92 Å². The van der Waals surface area contributed by atoms with Gasteiger partial charge in [0.15, 0.2) is 11.6 Å². The number of sulfonamides is 1. The summed E-state index contributed by atoms with van der Waals surface area (Å²) in [6.45, 7) is 1.35. The van der Waals surface area contributed by atoms with E-state index in [1.807, 2.05) is 6.92 Å². The zero-order chi connectivity index (χ0) is 19.3. The second-order valence-corrected chi connectivity index (χ2v) is 8.66. The summed E-state index contributed by atoms with van der Waals surface area (Å²) in [4.78, 5) is 25.7. The number of aryl methyl sites for hydroxylation is 1. The maximum absolute atomic E-state index is 12.9. The molecule has 0 saturated heterocycles. The van der Waals surface area contributed by atoms with Gasteiger partial charge < -0.3 is 5.11 Å². The molecule has 0 spiro atoms. The van der Waals surface area contributed by atoms with Crippen LogP contribution in [0.2, 0.25) is 0 Å². The van der Waals surface area contributed by atoms with Crippen molar-refractivity contribution in [2.24, 2.45) is 0 Å². The lowest BCUT2D eigenvalue weighted by Crippen LogP contribution is -2.48. The van der Waals surface area contributed by atoms with Crippen LogP contribution in [0.5, 0.6) is 0 Å². The van der Waals surface area contributed by atoms with Crippen molar-refractivity contribution in [2.45, 2.75) is 17.9 Å². The maximum Gasteiger partial charge on any atom is 0.243 e. The van der Waals surface area contributed by atoms with Crippen LogP contribution in [-0.4, -0.2) is 48.6 Å². The molecule has 1 unspecified atom stereocenters. The molecule has 0 radical (unpaired) electrons. The molecule has 27 heavy (non-hydrogen) atoms. The number of fused-ring (bicyclic) bond motifs is 1. The molecule has 2 aromatic rings. The third-order valence-corrected chi connectivity index (χ3v) is 6.79. The fourth-order valence-corrected chi connectivity index (χ4v) is 4.94. The molecular formula is C20H17NO5S. The van der Waals surface area contributed by atoms with Crippen LogP contribution in [-0.2, 0) is 10.0 Å². The number of nitrogens with zero attached hydrogens (tertiary/aromatic N) is 1. The smallest absolute Gasteiger partial charge is 0.243 e. The summed E-state index contributed by atoms with van der Waals surface area (Å²) in [5.41, 5.74) is 1.46. The van der Waals surface area contributed by atoms with Gasteiger partial charge in [-0.3, -0.25) is 9.59 Å². The van der Waals surface area contributed by atoms with E-state index in [1.54, 1.807) is 36.4 Å². The van der Waals surface area contributed by atoms with Crippen LogP contribution >= 0.6 is 0 Å². The van der Waals surface area contributed by atoms with E-state index in [1.165, 1.54) is 12.1 Å². The Hall–Kier alpha value is -2.61. The summed E-state index contributed by atoms with van der Waals surface area (Å²) in [5, 5.41) is 10.5. The molecule has 138 valence electrons. The highest BCUT2D eigenvalue weighted by atomic mass is 32.2. The number of Topliss-reactive ketones (excluding diaryl/α,β-unsaturated/α-hetero) is 2. The Bertz CT molecular complexity index is 1100. The number of benzene rings is 2. The first-order valence-electron chi connectivity index (χ1n) is 8.47. The van der Waals surface area contributed by atoms with Crippen LogP contribution < -0.4 is 0 Å². The zero-order valence-corrected chi connectivity index (χ0v) is 15.4. The lowest BCUT2D eigenvalue weighted by Gasteiger charge is -2.34. The van der Waals surface area contributed by atoms with Crippen LogP contribution in [0.15, 0.2) is 64.6 Å². The summed E-state index contributed by atoms with van der Waals surface area (Å²) in [5.74, 6) is -0.830. The molecule has 1 aliphatic carbocycles. The number of ketones is 2. The monoisotopic (exact) mass is 383 g/mol. The van der Waals surface area contributed by atoms with Crippen molar-refractivity contribution in [3.05, 3.63) is 76.4 Å². The number of carbonyl (C=O) groups is 2. The lowest BCUT2D eigenvalue weighted by molar-refractivity contribution is 0.0895. The first-order chi connectivity index (χ1) is 12.8. The Kier molecular flexibility index (Phi) is 4.10. The summed E-state index contributed by atoms with van der Waals surface area (Å²) in [7, 11) is -3.90. The highest BCUT2D eigenvalue weighted by Gasteiger charge is 2.42. The van der Waals surface area contributed by atoms with Gasteiger partial charge in [-0.25, -0.2) is 8.42 Å². The van der Waals surface area contributed by atoms with Gasteiger partial charge in [0.2, 0.25) is 10.0 Å². The van der Waals surface area contributed by atoms with E-state index in [0.717, 1.165) is 9.87 Å². The Morgan fingerprint density at radius 3 is 2.19 bits per heavy atom. The van der Waals surface area contributed by atoms with Gasteiger partial charge in [-0.1, -0.05) is 42.0 Å². The second-order valence-electron chi connectivity index (χ2n) is 6.72. The van der Waals surface area contributed by atoms with Crippen molar-refractivity contribution in [3.8, 4) is 0 Å². The Morgan fingerprint density at radius 1 is 0.963 bits per heavy atom. The fraction of sp³-hybridized carbons (Fsp3) is 0.200. The topological polar surface area (TPSA) is 91.8 Å². The van der Waals surface area contributed by atoms with Gasteiger partial charge in [0, 0.05) is 35.4 Å². The van der Waals surface area contributed by atoms with Gasteiger partial charge in [-0.2, -0.15) is 4.31 Å². The van der Waals surface area contributed by atoms with Crippen LogP contribution in [0.1, 0.15) is 26.3 Å². The van der Waals surface area contributed by atoms with Crippen molar-refractivity contribution in [1.82, 2.24) is 4.31 Å². The third kappa shape index (κ3) is 2.75. The lowest BCUT2D eigenvalue weighted by atomic mass is 9.80. The standard InChI is InChI=1S/C20H17NO5S/c1-12-6-8-13(9-7-12)27(25,26)21-10-16-18(17(22)11-21)20(24)15-5-3-2-4-14(15)19(16)23/h2-9,17,22H,10-11H2,1H3. The Balaban J connectivity index is 1.76. The molecule has 0 bridgehead atoms. The highest BCUT2D eigenvalue weighted by Crippen LogP contribution is 2.33. The van der Waals surface area contributed by atoms with Crippen molar-refractivity contribution < 1.29 is 23.1 Å². The molecule has 0 aromatic heterocycles. The molecule has 1 aliphatic heterocycles. The van der Waals surface area contributed by atoms with Crippen molar-refractivity contribution in [2.75, 3.05) is 13.1 Å². The summed E-state index contributed by atoms with van der Waals surface area (Å²) >= 11 is 0. The Morgan fingerprint density at radius 2 is 1.56 bits per heavy atom.